The van der Waals surface area contributed by atoms with E-state index in [1.54, 1.807) is 6.92 Å². The molecule has 5 atom stereocenters. The first-order valence-electron chi connectivity index (χ1n) is 12.5. The van der Waals surface area contributed by atoms with E-state index in [2.05, 4.69) is 0 Å². The summed E-state index contributed by atoms with van der Waals surface area (Å²) in [6.45, 7) is 1.64. The molecule has 0 bridgehead atoms. The van der Waals surface area contributed by atoms with Crippen molar-refractivity contribution in [2.24, 2.45) is 5.41 Å². The minimum atomic E-state index is -2.67. The summed E-state index contributed by atoms with van der Waals surface area (Å²) in [4.78, 5) is 41.4. The van der Waals surface area contributed by atoms with E-state index in [0.717, 1.165) is 18.2 Å². The molecule has 0 saturated carbocycles. The van der Waals surface area contributed by atoms with Gasteiger partial charge in [-0.1, -0.05) is 18.2 Å². The normalized spacial score (nSPS) is 29.3. The van der Waals surface area contributed by atoms with E-state index in [9.17, 15) is 50.1 Å². The summed E-state index contributed by atoms with van der Waals surface area (Å²) in [5.41, 5.74) is -5.66. The lowest BCUT2D eigenvalue weighted by Gasteiger charge is -2.56. The van der Waals surface area contributed by atoms with Gasteiger partial charge in [-0.25, -0.2) is 0 Å². The summed E-state index contributed by atoms with van der Waals surface area (Å²) in [6.07, 6.45) is -1.16. The SMILES string of the molecule is Cc1cc(O)c2c(c1)[C@H](O)[C@]13Cc4cc(O)c5c(c4[C@H]1C=C[C@@H](O)C3(O)C2=O)C(=O)c1c(O)ccc(O)c1C5=O. The van der Waals surface area contributed by atoms with E-state index in [0.29, 0.717) is 5.56 Å². The van der Waals surface area contributed by atoms with Gasteiger partial charge in [0.1, 0.15) is 29.1 Å². The molecule has 7 rings (SSSR count). The number of carbonyl (C=O) groups excluding carboxylic acids is 3. The number of ketones is 3. The van der Waals surface area contributed by atoms with E-state index in [1.165, 1.54) is 24.3 Å². The summed E-state index contributed by atoms with van der Waals surface area (Å²) < 4.78 is 0. The average Bonchev–Trinajstić information content (AvgIpc) is 3.23. The van der Waals surface area contributed by atoms with Crippen molar-refractivity contribution in [3.05, 3.63) is 92.6 Å². The number of phenols is 4. The molecule has 10 heteroatoms. The molecule has 1 spiro atoms. The highest BCUT2D eigenvalue weighted by molar-refractivity contribution is 6.31. The topological polar surface area (TPSA) is 193 Å². The van der Waals surface area contributed by atoms with Crippen LogP contribution in [0.15, 0.2) is 42.5 Å². The number of allylic oxidation sites excluding steroid dienone is 1. The first-order valence-corrected chi connectivity index (χ1v) is 12.5. The fraction of sp³-hybridized carbons (Fsp3) is 0.233. The highest BCUT2D eigenvalue weighted by Gasteiger charge is 2.72. The molecule has 0 fully saturated rings. The molecule has 0 saturated heterocycles. The number of Topliss-reactive ketones (excluding diaryl/α,β-unsaturated/α-hetero) is 1. The van der Waals surface area contributed by atoms with E-state index >= 15 is 0 Å². The molecule has 0 amide bonds. The zero-order chi connectivity index (χ0) is 28.6. The van der Waals surface area contributed by atoms with E-state index in [1.807, 2.05) is 0 Å². The second kappa shape index (κ2) is 7.36. The third-order valence-corrected chi connectivity index (χ3v) is 9.12. The molecule has 0 aliphatic heterocycles. The van der Waals surface area contributed by atoms with Gasteiger partial charge in [0.15, 0.2) is 11.4 Å². The summed E-state index contributed by atoms with van der Waals surface area (Å²) in [5, 5.41) is 77.5. The van der Waals surface area contributed by atoms with Crippen LogP contribution in [-0.2, 0) is 6.42 Å². The van der Waals surface area contributed by atoms with Crippen LogP contribution in [-0.4, -0.2) is 64.8 Å². The smallest absolute Gasteiger partial charge is 0.202 e. The largest absolute Gasteiger partial charge is 0.507 e. The molecule has 4 aliphatic rings. The maximum Gasteiger partial charge on any atom is 0.202 e. The van der Waals surface area contributed by atoms with Gasteiger partial charge >= 0.3 is 0 Å². The molecule has 10 nitrogen and oxygen atoms in total. The quantitative estimate of drug-likeness (QED) is 0.127. The Morgan fingerprint density at radius 2 is 1.32 bits per heavy atom. The zero-order valence-electron chi connectivity index (χ0n) is 20.8. The van der Waals surface area contributed by atoms with Gasteiger partial charge in [-0.3, -0.25) is 14.4 Å². The molecule has 202 valence electrons. The maximum absolute atomic E-state index is 13.9. The van der Waals surface area contributed by atoms with E-state index in [4.69, 9.17) is 0 Å². The van der Waals surface area contributed by atoms with Crippen molar-refractivity contribution in [3.63, 3.8) is 0 Å². The highest BCUT2D eigenvalue weighted by atomic mass is 16.4. The second-order valence-electron chi connectivity index (χ2n) is 11.0. The number of hydrogen-bond acceptors (Lipinski definition) is 10. The predicted molar refractivity (Wildman–Crippen MR) is 136 cm³/mol. The van der Waals surface area contributed by atoms with Gasteiger partial charge in [-0.2, -0.15) is 0 Å². The van der Waals surface area contributed by atoms with E-state index in [-0.39, 0.29) is 34.2 Å². The van der Waals surface area contributed by atoms with Crippen molar-refractivity contribution < 1.29 is 50.1 Å². The Labute approximate surface area is 225 Å². The van der Waals surface area contributed by atoms with Crippen LogP contribution >= 0.6 is 0 Å². The molecule has 1 unspecified atom stereocenters. The molecule has 40 heavy (non-hydrogen) atoms. The molecule has 3 aromatic carbocycles. The van der Waals surface area contributed by atoms with Crippen LogP contribution < -0.4 is 0 Å². The van der Waals surface area contributed by atoms with Crippen LogP contribution in [0.5, 0.6) is 23.0 Å². The number of aromatic hydroxyl groups is 4. The van der Waals surface area contributed by atoms with Crippen LogP contribution in [0.4, 0.5) is 0 Å². The van der Waals surface area contributed by atoms with Crippen molar-refractivity contribution >= 4 is 17.3 Å². The minimum absolute atomic E-state index is 0.0286. The lowest BCUT2D eigenvalue weighted by atomic mass is 9.50. The number of phenolic OH excluding ortho intramolecular Hbond substituents is 4. The van der Waals surface area contributed by atoms with Crippen molar-refractivity contribution in [1.29, 1.82) is 0 Å². The summed E-state index contributed by atoms with van der Waals surface area (Å²) in [5.74, 6) is -6.15. The molecule has 7 N–H and O–H groups in total. The average molecular weight is 542 g/mol. The molecular formula is C30H22O10. The maximum atomic E-state index is 13.9. The third-order valence-electron chi connectivity index (χ3n) is 9.12. The van der Waals surface area contributed by atoms with Crippen molar-refractivity contribution in [2.75, 3.05) is 0 Å². The Balaban J connectivity index is 1.55. The Kier molecular flexibility index (Phi) is 4.51. The van der Waals surface area contributed by atoms with Crippen LogP contribution in [0, 0.1) is 12.3 Å². The molecule has 3 aromatic rings. The number of rotatable bonds is 0. The van der Waals surface area contributed by atoms with Crippen LogP contribution in [0.1, 0.15) is 76.5 Å². The first kappa shape index (κ1) is 24.5. The standard InChI is InChI=1S/C30H22O10/c1-10-6-12-20(16(33)7-10)28(39)30(40)18(35)5-2-13-19-11(9-29(13,30)27(12)38)8-17(34)23-24(19)26(37)22-15(32)4-3-14(31)21(22)25(23)36/h2-8,13,18,27,31-35,38,40H,9H2,1H3/t13-,18-,27+,29+,30?/m1/s1. The van der Waals surface area contributed by atoms with Gasteiger partial charge < -0.3 is 35.7 Å². The van der Waals surface area contributed by atoms with Gasteiger partial charge in [-0.05, 0) is 59.9 Å². The predicted octanol–water partition coefficient (Wildman–Crippen LogP) is 1.81. The molecular weight excluding hydrogens is 520 g/mol. The minimum Gasteiger partial charge on any atom is -0.507 e. The summed E-state index contributed by atoms with van der Waals surface area (Å²) in [6, 6.07) is 6.11. The van der Waals surface area contributed by atoms with Crippen molar-refractivity contribution in [2.45, 2.75) is 37.1 Å². The van der Waals surface area contributed by atoms with E-state index < -0.39 is 86.2 Å². The van der Waals surface area contributed by atoms with Gasteiger partial charge in [0.05, 0.1) is 33.8 Å². The Bertz CT molecular complexity index is 1800. The van der Waals surface area contributed by atoms with Gasteiger partial charge in [-0.15, -0.1) is 0 Å². The number of benzene rings is 3. The van der Waals surface area contributed by atoms with Crippen LogP contribution in [0.25, 0.3) is 0 Å². The van der Waals surface area contributed by atoms with Gasteiger partial charge in [0.25, 0.3) is 0 Å². The number of hydrogen-bond donors (Lipinski definition) is 7. The van der Waals surface area contributed by atoms with Crippen LogP contribution in [0.2, 0.25) is 0 Å². The fourth-order valence-electron chi connectivity index (χ4n) is 7.50. The first-order chi connectivity index (χ1) is 18.9. The van der Waals surface area contributed by atoms with Crippen molar-refractivity contribution in [1.82, 2.24) is 0 Å². The Hall–Kier alpha value is -4.51. The molecule has 0 heterocycles. The molecule has 4 aliphatic carbocycles. The van der Waals surface area contributed by atoms with Gasteiger partial charge in [0.2, 0.25) is 11.6 Å². The zero-order valence-corrected chi connectivity index (χ0v) is 20.8. The molecule has 0 aromatic heterocycles. The van der Waals surface area contributed by atoms with Crippen LogP contribution in [0.3, 0.4) is 0 Å². The van der Waals surface area contributed by atoms with Crippen molar-refractivity contribution in [3.8, 4) is 23.0 Å². The monoisotopic (exact) mass is 542 g/mol. The summed E-state index contributed by atoms with van der Waals surface area (Å²) in [7, 11) is 0. The summed E-state index contributed by atoms with van der Waals surface area (Å²) >= 11 is 0. The fourth-order valence-corrected chi connectivity index (χ4v) is 7.50. The number of fused-ring (bicyclic) bond motifs is 6. The third kappa shape index (κ3) is 2.48. The second-order valence-corrected chi connectivity index (χ2v) is 11.0. The highest BCUT2D eigenvalue weighted by Crippen LogP contribution is 2.67. The Morgan fingerprint density at radius 3 is 1.98 bits per heavy atom. The number of aliphatic hydroxyl groups excluding tert-OH is 2. The van der Waals surface area contributed by atoms with Gasteiger partial charge in [0, 0.05) is 11.5 Å². The Morgan fingerprint density at radius 1 is 0.750 bits per heavy atom. The molecule has 0 radical (unpaired) electrons. The number of aryl methyl sites for hydroxylation is 1. The number of aliphatic hydroxyl groups is 3. The lowest BCUT2D eigenvalue weighted by molar-refractivity contribution is -0.171. The number of carbonyl (C=O) groups is 3. The lowest BCUT2D eigenvalue weighted by Crippen LogP contribution is -2.68.